The summed E-state index contributed by atoms with van der Waals surface area (Å²) < 4.78 is 5.78. The van der Waals surface area contributed by atoms with Crippen LogP contribution in [0.2, 0.25) is 0 Å². The molecule has 1 fully saturated rings. The Balaban J connectivity index is 2.63. The summed E-state index contributed by atoms with van der Waals surface area (Å²) >= 11 is 0. The SMILES string of the molecule is C/C=c1/ccccc1=CC(CC)C1(C)C(O)(OC)C1(C)N(C)/C(=N\C)C(C)C. The topological polar surface area (TPSA) is 45.1 Å². The van der Waals surface area contributed by atoms with Gasteiger partial charge in [-0.15, -0.1) is 0 Å². The second kappa shape index (κ2) is 8.00. The number of benzene rings is 1. The number of aliphatic hydroxyl groups is 1. The molecule has 4 heteroatoms. The van der Waals surface area contributed by atoms with Gasteiger partial charge in [0.15, 0.2) is 5.79 Å². The number of hydrogen-bond acceptors (Lipinski definition) is 3. The van der Waals surface area contributed by atoms with Crippen molar-refractivity contribution < 1.29 is 9.84 Å². The van der Waals surface area contributed by atoms with E-state index in [0.29, 0.717) is 0 Å². The van der Waals surface area contributed by atoms with Crippen LogP contribution in [0.4, 0.5) is 0 Å². The Morgan fingerprint density at radius 3 is 2.25 bits per heavy atom. The van der Waals surface area contributed by atoms with Gasteiger partial charge in [0.05, 0.1) is 5.41 Å². The molecule has 1 saturated carbocycles. The Hall–Kier alpha value is -1.65. The van der Waals surface area contributed by atoms with Gasteiger partial charge in [0.1, 0.15) is 11.4 Å². The molecule has 1 aliphatic rings. The first kappa shape index (κ1) is 22.6. The molecule has 0 bridgehead atoms. The molecular formula is C24H38N2O2. The molecule has 28 heavy (non-hydrogen) atoms. The van der Waals surface area contributed by atoms with E-state index < -0.39 is 16.7 Å². The molecular weight excluding hydrogens is 348 g/mol. The number of hydrogen-bond donors (Lipinski definition) is 1. The molecule has 1 aromatic carbocycles. The number of rotatable bonds is 6. The fourth-order valence-electron chi connectivity index (χ4n) is 5.31. The van der Waals surface area contributed by atoms with Gasteiger partial charge >= 0.3 is 0 Å². The molecule has 4 atom stereocenters. The lowest BCUT2D eigenvalue weighted by molar-refractivity contribution is -0.149. The molecule has 4 nitrogen and oxygen atoms in total. The average molecular weight is 387 g/mol. The first-order chi connectivity index (χ1) is 13.1. The van der Waals surface area contributed by atoms with Gasteiger partial charge in [-0.1, -0.05) is 64.1 Å². The number of amidine groups is 1. The molecule has 0 amide bonds. The number of aliphatic imine (C=N–C) groups is 1. The molecule has 1 aromatic rings. The fourth-order valence-corrected chi connectivity index (χ4v) is 5.31. The standard InChI is InChI=1S/C24H38N2O2/c1-10-18-14-12-13-15-19(18)16-20(11-2)22(5)23(6,24(22,27)28-9)26(8)21(25-7)17(3)4/h10,12-17,20,27H,11H2,1-9H3/b18-10-,19-16?,25-21-. The van der Waals surface area contributed by atoms with Crippen molar-refractivity contribution in [3.63, 3.8) is 0 Å². The second-order valence-corrected chi connectivity index (χ2v) is 8.52. The number of ether oxygens (including phenoxy) is 1. The summed E-state index contributed by atoms with van der Waals surface area (Å²) in [5.41, 5.74) is -1.07. The maximum atomic E-state index is 11.6. The van der Waals surface area contributed by atoms with Crippen molar-refractivity contribution in [3.05, 3.63) is 34.7 Å². The smallest absolute Gasteiger partial charge is 0.197 e. The van der Waals surface area contributed by atoms with E-state index in [2.05, 4.69) is 87.9 Å². The highest BCUT2D eigenvalue weighted by atomic mass is 16.6. The van der Waals surface area contributed by atoms with Crippen LogP contribution in [0, 0.1) is 17.3 Å². The number of nitrogens with zero attached hydrogens (tertiary/aromatic N) is 2. The highest BCUT2D eigenvalue weighted by Gasteiger charge is 2.87. The van der Waals surface area contributed by atoms with Gasteiger partial charge in [-0.05, 0) is 36.6 Å². The van der Waals surface area contributed by atoms with Crippen molar-refractivity contribution in [1.29, 1.82) is 0 Å². The van der Waals surface area contributed by atoms with Gasteiger partial charge in [0.2, 0.25) is 0 Å². The first-order valence-corrected chi connectivity index (χ1v) is 10.3. The molecule has 0 saturated heterocycles. The Kier molecular flexibility index (Phi) is 6.47. The van der Waals surface area contributed by atoms with Crippen LogP contribution in [-0.2, 0) is 4.74 Å². The van der Waals surface area contributed by atoms with E-state index in [-0.39, 0.29) is 11.8 Å². The van der Waals surface area contributed by atoms with Crippen LogP contribution in [0.3, 0.4) is 0 Å². The van der Waals surface area contributed by atoms with Crippen LogP contribution in [-0.4, -0.2) is 48.4 Å². The molecule has 2 rings (SSSR count). The van der Waals surface area contributed by atoms with Crippen LogP contribution in [0.15, 0.2) is 29.3 Å². The van der Waals surface area contributed by atoms with Crippen LogP contribution in [0.25, 0.3) is 12.2 Å². The van der Waals surface area contributed by atoms with Crippen molar-refractivity contribution >= 4 is 18.0 Å². The van der Waals surface area contributed by atoms with Crippen LogP contribution < -0.4 is 10.4 Å². The maximum Gasteiger partial charge on any atom is 0.197 e. The van der Waals surface area contributed by atoms with Gasteiger partial charge in [0, 0.05) is 27.1 Å². The normalized spacial score (nSPS) is 32.8. The zero-order valence-corrected chi connectivity index (χ0v) is 19.1. The predicted octanol–water partition coefficient (Wildman–Crippen LogP) is 3.02. The highest BCUT2D eigenvalue weighted by molar-refractivity contribution is 5.85. The van der Waals surface area contributed by atoms with E-state index in [1.807, 2.05) is 14.1 Å². The summed E-state index contributed by atoms with van der Waals surface area (Å²) in [6, 6.07) is 8.39. The van der Waals surface area contributed by atoms with Gasteiger partial charge in [-0.2, -0.15) is 0 Å². The third kappa shape index (κ3) is 2.93. The van der Waals surface area contributed by atoms with Crippen LogP contribution in [0.1, 0.15) is 48.0 Å². The summed E-state index contributed by atoms with van der Waals surface area (Å²) in [4.78, 5) is 6.65. The second-order valence-electron chi connectivity index (χ2n) is 8.52. The number of methoxy groups -OCH3 is 1. The zero-order valence-electron chi connectivity index (χ0n) is 19.1. The zero-order chi connectivity index (χ0) is 21.3. The monoisotopic (exact) mass is 386 g/mol. The van der Waals surface area contributed by atoms with E-state index in [1.165, 1.54) is 10.4 Å². The van der Waals surface area contributed by atoms with E-state index >= 15 is 0 Å². The van der Waals surface area contributed by atoms with E-state index in [9.17, 15) is 5.11 Å². The molecule has 1 aliphatic carbocycles. The lowest BCUT2D eigenvalue weighted by Gasteiger charge is -2.34. The van der Waals surface area contributed by atoms with Crippen molar-refractivity contribution in [2.75, 3.05) is 21.2 Å². The summed E-state index contributed by atoms with van der Waals surface area (Å²) in [6.45, 7) is 12.7. The predicted molar refractivity (Wildman–Crippen MR) is 119 cm³/mol. The highest BCUT2D eigenvalue weighted by Crippen LogP contribution is 2.72. The van der Waals surface area contributed by atoms with E-state index in [0.717, 1.165) is 12.3 Å². The largest absolute Gasteiger partial charge is 0.363 e. The van der Waals surface area contributed by atoms with Gasteiger partial charge in [-0.25, -0.2) is 0 Å². The molecule has 4 unspecified atom stereocenters. The molecule has 0 aliphatic heterocycles. The summed E-state index contributed by atoms with van der Waals surface area (Å²) in [6.07, 6.45) is 5.34. The van der Waals surface area contributed by atoms with Crippen molar-refractivity contribution in [2.45, 2.75) is 59.3 Å². The molecule has 0 heterocycles. The maximum absolute atomic E-state index is 11.6. The third-order valence-corrected chi connectivity index (χ3v) is 7.24. The molecule has 0 spiro atoms. The van der Waals surface area contributed by atoms with Gasteiger partial charge in [-0.3, -0.25) is 4.99 Å². The van der Waals surface area contributed by atoms with Gasteiger partial charge < -0.3 is 14.7 Å². The van der Waals surface area contributed by atoms with Gasteiger partial charge in [0.25, 0.3) is 0 Å². The van der Waals surface area contributed by atoms with Crippen molar-refractivity contribution in [2.24, 2.45) is 22.2 Å². The molecule has 156 valence electrons. The Morgan fingerprint density at radius 1 is 1.25 bits per heavy atom. The first-order valence-electron chi connectivity index (χ1n) is 10.3. The fraction of sp³-hybridized carbons (Fsp3) is 0.625. The van der Waals surface area contributed by atoms with Crippen LogP contribution >= 0.6 is 0 Å². The summed E-state index contributed by atoms with van der Waals surface area (Å²) in [7, 11) is 5.45. The van der Waals surface area contributed by atoms with E-state index in [1.54, 1.807) is 7.11 Å². The Morgan fingerprint density at radius 2 is 1.82 bits per heavy atom. The minimum absolute atomic E-state index is 0.135. The lowest BCUT2D eigenvalue weighted by Crippen LogP contribution is -2.46. The Labute approximate surface area is 170 Å². The lowest BCUT2D eigenvalue weighted by atomic mass is 9.82. The summed E-state index contributed by atoms with van der Waals surface area (Å²) in [5, 5.41) is 14.0. The Bertz CT molecular complexity index is 846. The van der Waals surface area contributed by atoms with Crippen LogP contribution in [0.5, 0.6) is 0 Å². The minimum atomic E-state index is -1.26. The molecule has 0 radical (unpaired) electrons. The molecule has 0 aromatic heterocycles. The minimum Gasteiger partial charge on any atom is -0.363 e. The quantitative estimate of drug-likeness (QED) is 0.464. The summed E-state index contributed by atoms with van der Waals surface area (Å²) in [5.74, 6) is 0.106. The number of likely N-dealkylation sites (N-methyl/N-ethyl adjacent to an activating group) is 1. The van der Waals surface area contributed by atoms with Crippen molar-refractivity contribution in [1.82, 2.24) is 4.90 Å². The third-order valence-electron chi connectivity index (χ3n) is 7.24. The van der Waals surface area contributed by atoms with Crippen molar-refractivity contribution in [3.8, 4) is 0 Å². The molecule has 1 N–H and O–H groups in total. The average Bonchev–Trinajstić information content (AvgIpc) is 3.09. The van der Waals surface area contributed by atoms with E-state index in [4.69, 9.17) is 4.74 Å².